The Bertz CT molecular complexity index is 464. The third-order valence-corrected chi connectivity index (χ3v) is 2.18. The number of nitrogens with zero attached hydrogens (tertiary/aromatic N) is 1. The molecule has 1 aliphatic heterocycles. The quantitative estimate of drug-likeness (QED) is 0.748. The van der Waals surface area contributed by atoms with Gasteiger partial charge in [0.15, 0.2) is 0 Å². The Morgan fingerprint density at radius 2 is 2.27 bits per heavy atom. The molecule has 1 heterocycles. The molecule has 0 spiro atoms. The van der Waals surface area contributed by atoms with Crippen LogP contribution in [-0.2, 0) is 11.2 Å². The molecule has 0 unspecified atom stereocenters. The van der Waals surface area contributed by atoms with Gasteiger partial charge in [0.05, 0.1) is 0 Å². The van der Waals surface area contributed by atoms with E-state index in [1.54, 1.807) is 24.4 Å². The van der Waals surface area contributed by atoms with Gasteiger partial charge in [-0.25, -0.2) is 4.99 Å². The summed E-state index contributed by atoms with van der Waals surface area (Å²) in [7, 11) is 0. The van der Waals surface area contributed by atoms with Crippen molar-refractivity contribution in [2.75, 3.05) is 5.32 Å². The maximum atomic E-state index is 11.3. The molecule has 0 bridgehead atoms. The zero-order valence-electron chi connectivity index (χ0n) is 8.28. The van der Waals surface area contributed by atoms with Crippen LogP contribution >= 0.6 is 0 Å². The van der Waals surface area contributed by atoms with Gasteiger partial charge in [-0.2, -0.15) is 0 Å². The topological polar surface area (TPSA) is 58.5 Å². The zero-order valence-corrected chi connectivity index (χ0v) is 8.28. The van der Waals surface area contributed by atoms with Crippen LogP contribution < -0.4 is 5.32 Å². The summed E-state index contributed by atoms with van der Waals surface area (Å²) in [6.07, 6.45) is 2.22. The Morgan fingerprint density at radius 1 is 1.47 bits per heavy atom. The van der Waals surface area contributed by atoms with Crippen LogP contribution in [0.15, 0.2) is 23.2 Å². The Balaban J connectivity index is 2.35. The Kier molecular flexibility index (Phi) is 2.33. The minimum atomic E-state index is -0.217. The second kappa shape index (κ2) is 3.65. The van der Waals surface area contributed by atoms with Crippen LogP contribution in [0.5, 0.6) is 0 Å². The monoisotopic (exact) mass is 202 g/mol. The predicted octanol–water partition coefficient (Wildman–Crippen LogP) is 1.41. The molecule has 1 N–H and O–H groups in total. The van der Waals surface area contributed by atoms with Crippen molar-refractivity contribution in [1.82, 2.24) is 0 Å². The Hall–Kier alpha value is -1.97. The summed E-state index contributed by atoms with van der Waals surface area (Å²) in [5, 5.41) is 2.67. The van der Waals surface area contributed by atoms with Crippen molar-refractivity contribution in [2.24, 2.45) is 4.99 Å². The highest BCUT2D eigenvalue weighted by Crippen LogP contribution is 2.19. The molecule has 0 radical (unpaired) electrons. The number of hydrogen-bond donors (Lipinski definition) is 1. The molecule has 1 aliphatic rings. The van der Waals surface area contributed by atoms with Crippen molar-refractivity contribution in [3.63, 3.8) is 0 Å². The van der Waals surface area contributed by atoms with Gasteiger partial charge in [0, 0.05) is 30.8 Å². The lowest BCUT2D eigenvalue weighted by Crippen LogP contribution is -2.11. The number of rotatable bonds is 1. The van der Waals surface area contributed by atoms with E-state index < -0.39 is 0 Å². The summed E-state index contributed by atoms with van der Waals surface area (Å²) in [4.78, 5) is 25.9. The number of fused-ring (bicyclic) bond motifs is 1. The minimum absolute atomic E-state index is 0.120. The third kappa shape index (κ3) is 1.93. The molecule has 4 heteroatoms. The first kappa shape index (κ1) is 9.58. The third-order valence-electron chi connectivity index (χ3n) is 2.18. The Labute approximate surface area is 87.0 Å². The summed E-state index contributed by atoms with van der Waals surface area (Å²) in [5.74, 6) is -0.337. The SMILES string of the molecule is CC(=O)Nc1ccc2c(c1)CC=NC2=O. The fourth-order valence-electron chi connectivity index (χ4n) is 1.55. The maximum absolute atomic E-state index is 11.3. The van der Waals surface area contributed by atoms with Crippen LogP contribution in [0.3, 0.4) is 0 Å². The average molecular weight is 202 g/mol. The highest BCUT2D eigenvalue weighted by molar-refractivity contribution is 6.04. The summed E-state index contributed by atoms with van der Waals surface area (Å²) >= 11 is 0. The van der Waals surface area contributed by atoms with E-state index in [-0.39, 0.29) is 11.8 Å². The van der Waals surface area contributed by atoms with Crippen molar-refractivity contribution >= 4 is 23.7 Å². The molecule has 2 amide bonds. The maximum Gasteiger partial charge on any atom is 0.276 e. The number of anilines is 1. The van der Waals surface area contributed by atoms with Gasteiger partial charge in [0.25, 0.3) is 5.91 Å². The molecular weight excluding hydrogens is 192 g/mol. The zero-order chi connectivity index (χ0) is 10.8. The standard InChI is InChI=1S/C11H10N2O2/c1-7(14)13-9-2-3-10-8(6-9)4-5-12-11(10)15/h2-3,5-6H,4H2,1H3,(H,13,14). The van der Waals surface area contributed by atoms with Gasteiger partial charge in [0.1, 0.15) is 0 Å². The van der Waals surface area contributed by atoms with E-state index in [4.69, 9.17) is 0 Å². The summed E-state index contributed by atoms with van der Waals surface area (Å²) < 4.78 is 0. The number of aliphatic imine (C=N–C) groups is 1. The van der Waals surface area contributed by atoms with Crippen molar-refractivity contribution in [2.45, 2.75) is 13.3 Å². The van der Waals surface area contributed by atoms with Gasteiger partial charge in [-0.3, -0.25) is 9.59 Å². The molecule has 0 aromatic heterocycles. The highest BCUT2D eigenvalue weighted by Gasteiger charge is 2.14. The van der Waals surface area contributed by atoms with Crippen LogP contribution in [0.4, 0.5) is 5.69 Å². The molecule has 0 atom stereocenters. The number of nitrogens with one attached hydrogen (secondary N) is 1. The smallest absolute Gasteiger partial charge is 0.276 e. The minimum Gasteiger partial charge on any atom is -0.326 e. The first-order valence-electron chi connectivity index (χ1n) is 4.64. The van der Waals surface area contributed by atoms with Gasteiger partial charge in [-0.15, -0.1) is 0 Å². The first-order chi connectivity index (χ1) is 7.16. The Morgan fingerprint density at radius 3 is 3.00 bits per heavy atom. The lowest BCUT2D eigenvalue weighted by Gasteiger charge is -2.10. The largest absolute Gasteiger partial charge is 0.326 e. The van der Waals surface area contributed by atoms with Crippen LogP contribution in [-0.4, -0.2) is 18.0 Å². The van der Waals surface area contributed by atoms with E-state index in [9.17, 15) is 9.59 Å². The summed E-state index contributed by atoms with van der Waals surface area (Å²) in [5.41, 5.74) is 2.23. The fourth-order valence-corrected chi connectivity index (χ4v) is 1.55. The lowest BCUT2D eigenvalue weighted by molar-refractivity contribution is -0.114. The molecule has 15 heavy (non-hydrogen) atoms. The number of amides is 2. The lowest BCUT2D eigenvalue weighted by atomic mass is 10.0. The van der Waals surface area contributed by atoms with Gasteiger partial charge in [0.2, 0.25) is 5.91 Å². The van der Waals surface area contributed by atoms with E-state index in [0.29, 0.717) is 17.7 Å². The van der Waals surface area contributed by atoms with Gasteiger partial charge >= 0.3 is 0 Å². The van der Waals surface area contributed by atoms with Crippen molar-refractivity contribution in [3.05, 3.63) is 29.3 Å². The molecule has 4 nitrogen and oxygen atoms in total. The number of hydrogen-bond acceptors (Lipinski definition) is 2. The normalized spacial score (nSPS) is 13.5. The number of carbonyl (C=O) groups is 2. The molecule has 2 rings (SSSR count). The second-order valence-corrected chi connectivity index (χ2v) is 3.37. The molecule has 1 aromatic rings. The van der Waals surface area contributed by atoms with Crippen LogP contribution in [0.2, 0.25) is 0 Å². The van der Waals surface area contributed by atoms with Crippen LogP contribution in [0.1, 0.15) is 22.8 Å². The van der Waals surface area contributed by atoms with E-state index in [2.05, 4.69) is 10.3 Å². The van der Waals surface area contributed by atoms with Crippen LogP contribution in [0, 0.1) is 0 Å². The molecule has 0 aliphatic carbocycles. The molecular formula is C11H10N2O2. The van der Waals surface area contributed by atoms with E-state index in [0.717, 1.165) is 5.56 Å². The number of carbonyl (C=O) groups excluding carboxylic acids is 2. The van der Waals surface area contributed by atoms with E-state index in [1.165, 1.54) is 6.92 Å². The summed E-state index contributed by atoms with van der Waals surface area (Å²) in [6.45, 7) is 1.45. The van der Waals surface area contributed by atoms with Gasteiger partial charge < -0.3 is 5.32 Å². The molecule has 0 saturated heterocycles. The van der Waals surface area contributed by atoms with Gasteiger partial charge in [-0.1, -0.05) is 0 Å². The van der Waals surface area contributed by atoms with E-state index >= 15 is 0 Å². The van der Waals surface area contributed by atoms with Crippen LogP contribution in [0.25, 0.3) is 0 Å². The number of benzene rings is 1. The molecule has 0 fully saturated rings. The van der Waals surface area contributed by atoms with E-state index in [1.807, 2.05) is 0 Å². The average Bonchev–Trinajstić information content (AvgIpc) is 2.17. The first-order valence-corrected chi connectivity index (χ1v) is 4.64. The second-order valence-electron chi connectivity index (χ2n) is 3.37. The molecule has 1 aromatic carbocycles. The molecule has 0 saturated carbocycles. The van der Waals surface area contributed by atoms with Gasteiger partial charge in [-0.05, 0) is 23.8 Å². The van der Waals surface area contributed by atoms with Crippen molar-refractivity contribution in [1.29, 1.82) is 0 Å². The van der Waals surface area contributed by atoms with Crippen molar-refractivity contribution in [3.8, 4) is 0 Å². The summed E-state index contributed by atoms with van der Waals surface area (Å²) in [6, 6.07) is 5.21. The highest BCUT2D eigenvalue weighted by atomic mass is 16.1. The molecule has 76 valence electrons. The predicted molar refractivity (Wildman–Crippen MR) is 57.3 cm³/mol. The van der Waals surface area contributed by atoms with Crippen molar-refractivity contribution < 1.29 is 9.59 Å². The fraction of sp³-hybridized carbons (Fsp3) is 0.182.